The summed E-state index contributed by atoms with van der Waals surface area (Å²) in [5.41, 5.74) is 0.146. The zero-order valence-corrected chi connectivity index (χ0v) is 15.7. The summed E-state index contributed by atoms with van der Waals surface area (Å²) < 4.78 is 6.28. The van der Waals surface area contributed by atoms with Crippen molar-refractivity contribution < 1.29 is 4.74 Å². The maximum Gasteiger partial charge on any atom is 0.0705 e. The molecule has 0 aliphatic carbocycles. The average Bonchev–Trinajstić information content (AvgIpc) is 2.51. The number of hydrogen-bond donors (Lipinski definition) is 0. The first-order valence-electron chi connectivity index (χ1n) is 9.84. The molecule has 0 spiro atoms. The third-order valence-corrected chi connectivity index (χ3v) is 5.19. The first kappa shape index (κ1) is 21.0. The van der Waals surface area contributed by atoms with Crippen LogP contribution >= 0.6 is 0 Å². The fraction of sp³-hybridized carbons (Fsp3) is 1.00. The van der Waals surface area contributed by atoms with Crippen molar-refractivity contribution in [3.63, 3.8) is 0 Å². The van der Waals surface area contributed by atoms with Crippen molar-refractivity contribution in [3.05, 3.63) is 0 Å². The molecule has 0 aromatic carbocycles. The molecule has 0 aromatic heterocycles. The second kappa shape index (κ2) is 13.6. The standard InChI is InChI=1S/C20H42O/c1-6-11-13-14-15-16-18-19(17-12-7-2)20(8-3,9-4)21-10-5/h19H,6-18H2,1-5H3. The molecular formula is C20H42O. The van der Waals surface area contributed by atoms with Crippen molar-refractivity contribution >= 4 is 0 Å². The second-order valence-corrected chi connectivity index (χ2v) is 6.60. The van der Waals surface area contributed by atoms with Gasteiger partial charge in [0.25, 0.3) is 0 Å². The smallest absolute Gasteiger partial charge is 0.0705 e. The molecule has 0 saturated carbocycles. The van der Waals surface area contributed by atoms with Gasteiger partial charge in [-0.25, -0.2) is 0 Å². The lowest BCUT2D eigenvalue weighted by Crippen LogP contribution is -2.40. The first-order valence-corrected chi connectivity index (χ1v) is 9.84. The Balaban J connectivity index is 4.39. The van der Waals surface area contributed by atoms with Crippen molar-refractivity contribution in [3.8, 4) is 0 Å². The molecule has 0 fully saturated rings. The molecule has 128 valence electrons. The zero-order chi connectivity index (χ0) is 16.0. The normalized spacial score (nSPS) is 13.6. The van der Waals surface area contributed by atoms with Crippen LogP contribution in [-0.2, 0) is 4.74 Å². The van der Waals surface area contributed by atoms with Crippen LogP contribution < -0.4 is 0 Å². The maximum absolute atomic E-state index is 6.28. The first-order chi connectivity index (χ1) is 10.2. The monoisotopic (exact) mass is 298 g/mol. The lowest BCUT2D eigenvalue weighted by molar-refractivity contribution is -0.0935. The van der Waals surface area contributed by atoms with E-state index in [1.165, 1.54) is 77.0 Å². The molecule has 0 aliphatic heterocycles. The fourth-order valence-corrected chi connectivity index (χ4v) is 3.73. The molecule has 0 aromatic rings. The van der Waals surface area contributed by atoms with E-state index in [-0.39, 0.29) is 5.60 Å². The lowest BCUT2D eigenvalue weighted by Gasteiger charge is -2.40. The molecule has 0 N–H and O–H groups in total. The van der Waals surface area contributed by atoms with Gasteiger partial charge in [0, 0.05) is 6.61 Å². The number of unbranched alkanes of at least 4 members (excludes halogenated alkanes) is 6. The van der Waals surface area contributed by atoms with Crippen LogP contribution in [0.4, 0.5) is 0 Å². The highest BCUT2D eigenvalue weighted by atomic mass is 16.5. The lowest BCUT2D eigenvalue weighted by atomic mass is 9.76. The van der Waals surface area contributed by atoms with Crippen molar-refractivity contribution in [2.75, 3.05) is 6.61 Å². The molecule has 21 heavy (non-hydrogen) atoms. The van der Waals surface area contributed by atoms with Gasteiger partial charge >= 0.3 is 0 Å². The van der Waals surface area contributed by atoms with Crippen molar-refractivity contribution in [2.24, 2.45) is 5.92 Å². The Morgan fingerprint density at radius 1 is 0.667 bits per heavy atom. The molecular weight excluding hydrogens is 256 g/mol. The summed E-state index contributed by atoms with van der Waals surface area (Å²) in [5.74, 6) is 0.763. The Kier molecular flexibility index (Phi) is 13.6. The molecule has 0 aliphatic rings. The van der Waals surface area contributed by atoms with E-state index in [4.69, 9.17) is 4.74 Å². The fourth-order valence-electron chi connectivity index (χ4n) is 3.73. The quantitative estimate of drug-likeness (QED) is 0.292. The maximum atomic E-state index is 6.28. The molecule has 1 atom stereocenters. The van der Waals surface area contributed by atoms with Gasteiger partial charge in [0.05, 0.1) is 5.60 Å². The molecule has 1 unspecified atom stereocenters. The van der Waals surface area contributed by atoms with Gasteiger partial charge in [0.2, 0.25) is 0 Å². The van der Waals surface area contributed by atoms with E-state index in [2.05, 4.69) is 34.6 Å². The van der Waals surface area contributed by atoms with Crippen LogP contribution in [0.25, 0.3) is 0 Å². The Morgan fingerprint density at radius 2 is 1.19 bits per heavy atom. The van der Waals surface area contributed by atoms with E-state index in [9.17, 15) is 0 Å². The third kappa shape index (κ3) is 8.24. The molecule has 0 heterocycles. The second-order valence-electron chi connectivity index (χ2n) is 6.60. The van der Waals surface area contributed by atoms with Gasteiger partial charge in [-0.1, -0.05) is 79.1 Å². The minimum absolute atomic E-state index is 0.146. The summed E-state index contributed by atoms with van der Waals surface area (Å²) in [7, 11) is 0. The van der Waals surface area contributed by atoms with E-state index >= 15 is 0 Å². The van der Waals surface area contributed by atoms with Gasteiger partial charge in [-0.15, -0.1) is 0 Å². The van der Waals surface area contributed by atoms with E-state index in [0.29, 0.717) is 0 Å². The van der Waals surface area contributed by atoms with Gasteiger partial charge in [-0.05, 0) is 38.5 Å². The van der Waals surface area contributed by atoms with E-state index < -0.39 is 0 Å². The summed E-state index contributed by atoms with van der Waals surface area (Å²) >= 11 is 0. The molecule has 0 amide bonds. The van der Waals surface area contributed by atoms with Crippen LogP contribution in [0, 0.1) is 5.92 Å². The molecule has 0 radical (unpaired) electrons. The van der Waals surface area contributed by atoms with Crippen LogP contribution in [0.5, 0.6) is 0 Å². The average molecular weight is 299 g/mol. The van der Waals surface area contributed by atoms with Crippen LogP contribution in [0.15, 0.2) is 0 Å². The van der Waals surface area contributed by atoms with Crippen molar-refractivity contribution in [2.45, 2.75) is 117 Å². The molecule has 0 saturated heterocycles. The third-order valence-electron chi connectivity index (χ3n) is 5.19. The SMILES string of the molecule is CCCCCCCCC(CCCC)C(CC)(CC)OCC. The zero-order valence-electron chi connectivity index (χ0n) is 15.7. The van der Waals surface area contributed by atoms with Crippen molar-refractivity contribution in [1.82, 2.24) is 0 Å². The van der Waals surface area contributed by atoms with Crippen LogP contribution in [0.1, 0.15) is 112 Å². The molecule has 0 rings (SSSR count). The summed E-state index contributed by atoms with van der Waals surface area (Å²) in [4.78, 5) is 0. The Morgan fingerprint density at radius 3 is 1.71 bits per heavy atom. The van der Waals surface area contributed by atoms with Crippen LogP contribution in [0.3, 0.4) is 0 Å². The highest BCUT2D eigenvalue weighted by Gasteiger charge is 2.35. The molecule has 0 bridgehead atoms. The minimum atomic E-state index is 0.146. The number of hydrogen-bond acceptors (Lipinski definition) is 1. The molecule has 1 nitrogen and oxygen atoms in total. The van der Waals surface area contributed by atoms with Gasteiger partial charge in [0.15, 0.2) is 0 Å². The largest absolute Gasteiger partial charge is 0.375 e. The van der Waals surface area contributed by atoms with Gasteiger partial charge in [0.1, 0.15) is 0 Å². The highest BCUT2D eigenvalue weighted by Crippen LogP contribution is 2.37. The van der Waals surface area contributed by atoms with Crippen LogP contribution in [0.2, 0.25) is 0 Å². The summed E-state index contributed by atoms with van der Waals surface area (Å²) in [5, 5.41) is 0. The highest BCUT2D eigenvalue weighted by molar-refractivity contribution is 4.86. The summed E-state index contributed by atoms with van der Waals surface area (Å²) in [6, 6.07) is 0. The Bertz CT molecular complexity index is 208. The van der Waals surface area contributed by atoms with Gasteiger partial charge in [-0.2, -0.15) is 0 Å². The minimum Gasteiger partial charge on any atom is -0.375 e. The topological polar surface area (TPSA) is 9.23 Å². The van der Waals surface area contributed by atoms with Crippen LogP contribution in [-0.4, -0.2) is 12.2 Å². The van der Waals surface area contributed by atoms with Gasteiger partial charge < -0.3 is 4.74 Å². The molecule has 1 heteroatoms. The summed E-state index contributed by atoms with van der Waals surface area (Å²) in [6.07, 6.45) is 16.1. The van der Waals surface area contributed by atoms with Gasteiger partial charge in [-0.3, -0.25) is 0 Å². The van der Waals surface area contributed by atoms with E-state index in [0.717, 1.165) is 12.5 Å². The van der Waals surface area contributed by atoms with E-state index in [1.807, 2.05) is 0 Å². The number of rotatable bonds is 15. The number of ether oxygens (including phenoxy) is 1. The van der Waals surface area contributed by atoms with Crippen molar-refractivity contribution in [1.29, 1.82) is 0 Å². The predicted molar refractivity (Wildman–Crippen MR) is 95.9 cm³/mol. The Labute approximate surface area is 135 Å². The Hall–Kier alpha value is -0.0400. The summed E-state index contributed by atoms with van der Waals surface area (Å²) in [6.45, 7) is 12.3. The predicted octanol–water partition coefficient (Wildman–Crippen LogP) is 7.14. The van der Waals surface area contributed by atoms with E-state index in [1.54, 1.807) is 0 Å².